The fraction of sp³-hybridized carbons (Fsp3) is 0.375. The van der Waals surface area contributed by atoms with Crippen LogP contribution in [0.1, 0.15) is 31.7 Å². The highest BCUT2D eigenvalue weighted by Crippen LogP contribution is 2.26. The molecule has 0 fully saturated rings. The lowest BCUT2D eigenvalue weighted by molar-refractivity contribution is 0.614. The quantitative estimate of drug-likeness (QED) is 0.844. The van der Waals surface area contributed by atoms with E-state index in [4.69, 9.17) is 5.73 Å². The number of unbranched alkanes of at least 4 members (excludes halogenated alkanes) is 1. The molecule has 3 N–H and O–H groups in total. The fourth-order valence-corrected chi connectivity index (χ4v) is 2.29. The zero-order valence-corrected chi connectivity index (χ0v) is 11.8. The van der Waals surface area contributed by atoms with Crippen molar-refractivity contribution in [1.82, 2.24) is 4.98 Å². The van der Waals surface area contributed by atoms with Gasteiger partial charge in [0.05, 0.1) is 16.8 Å². The third-order valence-corrected chi connectivity index (χ3v) is 3.44. The maximum atomic E-state index is 9.28. The van der Waals surface area contributed by atoms with Crippen molar-refractivity contribution in [1.29, 1.82) is 5.26 Å². The van der Waals surface area contributed by atoms with Crippen molar-refractivity contribution in [2.45, 2.75) is 32.2 Å². The van der Waals surface area contributed by atoms with E-state index >= 15 is 0 Å². The molecule has 0 aliphatic heterocycles. The molecule has 0 bridgehead atoms. The number of aromatic nitrogens is 1. The van der Waals surface area contributed by atoms with Crippen molar-refractivity contribution in [3.63, 3.8) is 0 Å². The molecule has 2 rings (SSSR count). The summed E-state index contributed by atoms with van der Waals surface area (Å²) in [7, 11) is 0. The van der Waals surface area contributed by atoms with E-state index in [2.05, 4.69) is 23.3 Å². The van der Waals surface area contributed by atoms with E-state index < -0.39 is 0 Å². The number of rotatable bonds is 6. The minimum atomic E-state index is 0.188. The Morgan fingerprint density at radius 2 is 2.20 bits per heavy atom. The van der Waals surface area contributed by atoms with Crippen LogP contribution in [-0.2, 0) is 0 Å². The van der Waals surface area contributed by atoms with E-state index in [-0.39, 0.29) is 6.04 Å². The summed E-state index contributed by atoms with van der Waals surface area (Å²) in [5.74, 6) is 0. The summed E-state index contributed by atoms with van der Waals surface area (Å²) >= 11 is 0. The molecule has 1 atom stereocenters. The minimum Gasteiger partial charge on any atom is -0.379 e. The van der Waals surface area contributed by atoms with Gasteiger partial charge in [0, 0.05) is 24.2 Å². The van der Waals surface area contributed by atoms with Crippen molar-refractivity contribution in [2.75, 3.05) is 11.9 Å². The molecule has 1 heterocycles. The second-order valence-electron chi connectivity index (χ2n) is 4.90. The molecule has 0 aliphatic rings. The maximum Gasteiger partial charge on any atom is 0.103 e. The second-order valence-corrected chi connectivity index (χ2v) is 4.90. The maximum absolute atomic E-state index is 9.28. The van der Waals surface area contributed by atoms with Gasteiger partial charge in [-0.1, -0.05) is 38.0 Å². The van der Waals surface area contributed by atoms with Gasteiger partial charge in [-0.25, -0.2) is 0 Å². The number of para-hydroxylation sites is 1. The third-order valence-electron chi connectivity index (χ3n) is 3.44. The lowest BCUT2D eigenvalue weighted by Crippen LogP contribution is -2.29. The molecule has 104 valence electrons. The Bertz CT molecular complexity index is 615. The summed E-state index contributed by atoms with van der Waals surface area (Å²) in [5, 5.41) is 13.7. The van der Waals surface area contributed by atoms with Crippen molar-refractivity contribution in [3.8, 4) is 6.07 Å². The Morgan fingerprint density at radius 1 is 1.40 bits per heavy atom. The number of nitriles is 1. The Hall–Kier alpha value is -2.12. The van der Waals surface area contributed by atoms with E-state index in [1.165, 1.54) is 0 Å². The van der Waals surface area contributed by atoms with Gasteiger partial charge in [0.15, 0.2) is 0 Å². The average Bonchev–Trinajstić information content (AvgIpc) is 2.51. The Balaban J connectivity index is 2.38. The molecule has 0 radical (unpaired) electrons. The van der Waals surface area contributed by atoms with Crippen molar-refractivity contribution >= 4 is 16.6 Å². The molecular weight excluding hydrogens is 248 g/mol. The van der Waals surface area contributed by atoms with E-state index in [9.17, 15) is 5.26 Å². The number of nitrogens with zero attached hydrogens (tertiary/aromatic N) is 2. The highest BCUT2D eigenvalue weighted by Gasteiger charge is 2.12. The van der Waals surface area contributed by atoms with Crippen LogP contribution in [0.25, 0.3) is 10.9 Å². The monoisotopic (exact) mass is 268 g/mol. The highest BCUT2D eigenvalue weighted by molar-refractivity contribution is 5.93. The van der Waals surface area contributed by atoms with Crippen LogP contribution in [0, 0.1) is 11.3 Å². The van der Waals surface area contributed by atoms with Gasteiger partial charge in [0.25, 0.3) is 0 Å². The molecule has 4 nitrogen and oxygen atoms in total. The van der Waals surface area contributed by atoms with Gasteiger partial charge in [-0.05, 0) is 12.5 Å². The summed E-state index contributed by atoms with van der Waals surface area (Å²) in [5.41, 5.74) is 8.14. The topological polar surface area (TPSA) is 74.7 Å². The molecule has 0 saturated carbocycles. The zero-order chi connectivity index (χ0) is 14.4. The van der Waals surface area contributed by atoms with Crippen LogP contribution < -0.4 is 11.1 Å². The number of nitrogens with two attached hydrogens (primary N) is 1. The first-order valence-corrected chi connectivity index (χ1v) is 7.04. The van der Waals surface area contributed by atoms with Crippen molar-refractivity contribution in [3.05, 3.63) is 36.0 Å². The number of benzene rings is 1. The van der Waals surface area contributed by atoms with E-state index in [0.29, 0.717) is 12.1 Å². The standard InChI is InChI=1S/C16H20N4/c1-2-3-6-13(10-18)20-16-12(9-17)11-19-15-8-5-4-7-14(15)16/h4-5,7-8,11,13H,2-3,6,10,18H2,1H3,(H,19,20). The van der Waals surface area contributed by atoms with E-state index in [1.807, 2.05) is 24.3 Å². The molecule has 0 amide bonds. The predicted octanol–water partition coefficient (Wildman–Crippen LogP) is 3.04. The SMILES string of the molecule is CCCCC(CN)Nc1c(C#N)cnc2ccccc12. The smallest absolute Gasteiger partial charge is 0.103 e. The predicted molar refractivity (Wildman–Crippen MR) is 82.4 cm³/mol. The van der Waals surface area contributed by atoms with Gasteiger partial charge < -0.3 is 11.1 Å². The Labute approximate surface area is 119 Å². The summed E-state index contributed by atoms with van der Waals surface area (Å²) in [4.78, 5) is 4.31. The average molecular weight is 268 g/mol. The highest BCUT2D eigenvalue weighted by atomic mass is 14.9. The lowest BCUT2D eigenvalue weighted by Gasteiger charge is -2.20. The number of nitrogens with one attached hydrogen (secondary N) is 1. The molecule has 20 heavy (non-hydrogen) atoms. The number of fused-ring (bicyclic) bond motifs is 1. The number of hydrogen-bond donors (Lipinski definition) is 2. The Morgan fingerprint density at radius 3 is 2.90 bits per heavy atom. The molecule has 1 aromatic heterocycles. The fourth-order valence-electron chi connectivity index (χ4n) is 2.29. The largest absolute Gasteiger partial charge is 0.379 e. The molecule has 0 saturated heterocycles. The van der Waals surface area contributed by atoms with Crippen LogP contribution in [0.4, 0.5) is 5.69 Å². The number of hydrogen-bond acceptors (Lipinski definition) is 4. The minimum absolute atomic E-state index is 0.188. The van der Waals surface area contributed by atoms with Crippen molar-refractivity contribution < 1.29 is 0 Å². The van der Waals surface area contributed by atoms with Crippen LogP contribution in [0.15, 0.2) is 30.5 Å². The second kappa shape index (κ2) is 6.88. The molecule has 0 aliphatic carbocycles. The van der Waals surface area contributed by atoms with Gasteiger partial charge in [-0.2, -0.15) is 5.26 Å². The first-order valence-electron chi connectivity index (χ1n) is 7.04. The lowest BCUT2D eigenvalue weighted by atomic mass is 10.1. The molecule has 1 aromatic carbocycles. The van der Waals surface area contributed by atoms with Crippen LogP contribution in [-0.4, -0.2) is 17.6 Å². The van der Waals surface area contributed by atoms with Gasteiger partial charge in [0.2, 0.25) is 0 Å². The van der Waals surface area contributed by atoms with Gasteiger partial charge in [-0.3, -0.25) is 4.98 Å². The summed E-state index contributed by atoms with van der Waals surface area (Å²) in [6.07, 6.45) is 4.90. The third kappa shape index (κ3) is 3.06. The molecule has 4 heteroatoms. The molecular formula is C16H20N4. The van der Waals surface area contributed by atoms with Crippen LogP contribution in [0.5, 0.6) is 0 Å². The van der Waals surface area contributed by atoms with E-state index in [0.717, 1.165) is 35.9 Å². The summed E-state index contributed by atoms with van der Waals surface area (Å²) in [6, 6.07) is 10.2. The van der Waals surface area contributed by atoms with Crippen LogP contribution in [0.2, 0.25) is 0 Å². The zero-order valence-electron chi connectivity index (χ0n) is 11.8. The number of anilines is 1. The molecule has 0 spiro atoms. The first-order chi connectivity index (χ1) is 9.80. The normalized spacial score (nSPS) is 12.1. The number of pyridine rings is 1. The first kappa shape index (κ1) is 14.3. The molecule has 1 unspecified atom stereocenters. The van der Waals surface area contributed by atoms with Crippen molar-refractivity contribution in [2.24, 2.45) is 5.73 Å². The van der Waals surface area contributed by atoms with Gasteiger partial charge in [-0.15, -0.1) is 0 Å². The summed E-state index contributed by atoms with van der Waals surface area (Å²) < 4.78 is 0. The van der Waals surface area contributed by atoms with Gasteiger partial charge >= 0.3 is 0 Å². The van der Waals surface area contributed by atoms with Crippen LogP contribution >= 0.6 is 0 Å². The Kier molecular flexibility index (Phi) is 4.91. The summed E-state index contributed by atoms with van der Waals surface area (Å²) in [6.45, 7) is 2.72. The van der Waals surface area contributed by atoms with E-state index in [1.54, 1.807) is 6.20 Å². The van der Waals surface area contributed by atoms with Gasteiger partial charge in [0.1, 0.15) is 6.07 Å². The molecule has 2 aromatic rings. The van der Waals surface area contributed by atoms with Crippen LogP contribution in [0.3, 0.4) is 0 Å².